The zero-order chi connectivity index (χ0) is 9.78. The molecule has 72 valence electrons. The third-order valence-corrected chi connectivity index (χ3v) is 2.58. The van der Waals surface area contributed by atoms with E-state index in [0.717, 1.165) is 0 Å². The van der Waals surface area contributed by atoms with Crippen molar-refractivity contribution < 1.29 is 15.0 Å². The van der Waals surface area contributed by atoms with Gasteiger partial charge in [0.05, 0.1) is 5.60 Å². The van der Waals surface area contributed by atoms with Crippen molar-refractivity contribution in [3.8, 4) is 0 Å². The van der Waals surface area contributed by atoms with E-state index in [1.807, 2.05) is 0 Å². The van der Waals surface area contributed by atoms with Crippen LogP contribution in [0.1, 0.15) is 13.8 Å². The fourth-order valence-electron chi connectivity index (χ4n) is 0.507. The largest absolute Gasteiger partial charge is 0.480 e. The monoisotopic (exact) mass is 193 g/mol. The second-order valence-corrected chi connectivity index (χ2v) is 4.30. The highest BCUT2D eigenvalue weighted by atomic mass is 32.2. The van der Waals surface area contributed by atoms with Gasteiger partial charge in [0, 0.05) is 11.5 Å². The average molecular weight is 193 g/mol. The minimum Gasteiger partial charge on any atom is -0.480 e. The Bertz CT molecular complexity index is 155. The van der Waals surface area contributed by atoms with E-state index in [1.165, 1.54) is 11.8 Å². The lowest BCUT2D eigenvalue weighted by Crippen LogP contribution is -2.33. The lowest BCUT2D eigenvalue weighted by atomic mass is 10.2. The molecule has 5 heteroatoms. The second kappa shape index (κ2) is 4.69. The van der Waals surface area contributed by atoms with Crippen LogP contribution in [-0.4, -0.2) is 39.3 Å². The molecule has 0 rings (SSSR count). The van der Waals surface area contributed by atoms with Gasteiger partial charge in [-0.05, 0) is 13.8 Å². The molecule has 0 amide bonds. The fourth-order valence-corrected chi connectivity index (χ4v) is 1.52. The van der Waals surface area contributed by atoms with Crippen molar-refractivity contribution in [3.05, 3.63) is 0 Å². The van der Waals surface area contributed by atoms with Crippen molar-refractivity contribution in [1.29, 1.82) is 0 Å². The van der Waals surface area contributed by atoms with Crippen LogP contribution >= 0.6 is 11.8 Å². The number of hydrogen-bond acceptors (Lipinski definition) is 4. The Morgan fingerprint density at radius 2 is 2.17 bits per heavy atom. The minimum absolute atomic E-state index is 0.333. The highest BCUT2D eigenvalue weighted by Gasteiger charge is 2.16. The van der Waals surface area contributed by atoms with Crippen LogP contribution in [-0.2, 0) is 4.79 Å². The summed E-state index contributed by atoms with van der Waals surface area (Å²) in [4.78, 5) is 10.3. The molecule has 1 atom stereocenters. The van der Waals surface area contributed by atoms with Crippen LogP contribution in [0.3, 0.4) is 0 Å². The summed E-state index contributed by atoms with van der Waals surface area (Å²) in [6.45, 7) is 3.35. The van der Waals surface area contributed by atoms with Gasteiger partial charge in [-0.3, -0.25) is 4.79 Å². The number of aliphatic carboxylic acids is 1. The summed E-state index contributed by atoms with van der Waals surface area (Å²) in [5.41, 5.74) is 4.48. The molecule has 0 aliphatic carbocycles. The molecule has 12 heavy (non-hydrogen) atoms. The number of rotatable bonds is 5. The summed E-state index contributed by atoms with van der Waals surface area (Å²) in [6, 6.07) is -0.836. The van der Waals surface area contributed by atoms with Gasteiger partial charge >= 0.3 is 5.97 Å². The molecule has 0 aromatic carbocycles. The van der Waals surface area contributed by atoms with Gasteiger partial charge in [0.15, 0.2) is 0 Å². The molecule has 4 nitrogen and oxygen atoms in total. The zero-order valence-corrected chi connectivity index (χ0v) is 8.10. The predicted octanol–water partition coefficient (Wildman–Crippen LogP) is -0.0976. The molecular formula is C7H15NO3S. The minimum atomic E-state index is -1.00. The van der Waals surface area contributed by atoms with Crippen molar-refractivity contribution >= 4 is 17.7 Å². The number of nitrogens with two attached hydrogens (primary N) is 1. The summed E-state index contributed by atoms with van der Waals surface area (Å²) in [5.74, 6) is -0.175. The van der Waals surface area contributed by atoms with Crippen molar-refractivity contribution in [1.82, 2.24) is 0 Å². The van der Waals surface area contributed by atoms with E-state index in [0.29, 0.717) is 11.5 Å². The van der Waals surface area contributed by atoms with Crippen LogP contribution in [0.5, 0.6) is 0 Å². The van der Waals surface area contributed by atoms with E-state index in [1.54, 1.807) is 13.8 Å². The van der Waals surface area contributed by atoms with E-state index in [4.69, 9.17) is 10.8 Å². The Labute approximate surface area is 76.1 Å². The maximum atomic E-state index is 10.3. The van der Waals surface area contributed by atoms with Crippen LogP contribution in [0.25, 0.3) is 0 Å². The van der Waals surface area contributed by atoms with E-state index >= 15 is 0 Å². The number of aliphatic hydroxyl groups is 1. The summed E-state index contributed by atoms with van der Waals surface area (Å²) in [6.07, 6.45) is 0. The molecule has 0 radical (unpaired) electrons. The number of carbonyl (C=O) groups is 1. The Kier molecular flexibility index (Phi) is 4.59. The first kappa shape index (κ1) is 11.7. The Balaban J connectivity index is 3.51. The highest BCUT2D eigenvalue weighted by Crippen LogP contribution is 2.12. The molecule has 0 spiro atoms. The molecule has 0 aromatic heterocycles. The topological polar surface area (TPSA) is 83.5 Å². The Hall–Kier alpha value is -0.260. The highest BCUT2D eigenvalue weighted by molar-refractivity contribution is 7.99. The van der Waals surface area contributed by atoms with Crippen LogP contribution < -0.4 is 5.73 Å². The lowest BCUT2D eigenvalue weighted by molar-refractivity contribution is -0.137. The third-order valence-electron chi connectivity index (χ3n) is 1.07. The molecule has 0 aliphatic heterocycles. The predicted molar refractivity (Wildman–Crippen MR) is 49.2 cm³/mol. The van der Waals surface area contributed by atoms with Gasteiger partial charge in [-0.25, -0.2) is 0 Å². The zero-order valence-electron chi connectivity index (χ0n) is 7.28. The Morgan fingerprint density at radius 3 is 2.50 bits per heavy atom. The van der Waals surface area contributed by atoms with E-state index in [9.17, 15) is 9.90 Å². The summed E-state index contributed by atoms with van der Waals surface area (Å²) < 4.78 is 0. The van der Waals surface area contributed by atoms with Crippen LogP contribution in [0.4, 0.5) is 0 Å². The molecule has 0 heterocycles. The average Bonchev–Trinajstić information content (AvgIpc) is 1.84. The summed E-state index contributed by atoms with van der Waals surface area (Å²) in [5, 5.41) is 17.7. The first-order chi connectivity index (χ1) is 5.33. The molecule has 0 saturated heterocycles. The third kappa shape index (κ3) is 6.45. The van der Waals surface area contributed by atoms with Gasteiger partial charge in [0.25, 0.3) is 0 Å². The molecule has 0 aliphatic rings. The van der Waals surface area contributed by atoms with Gasteiger partial charge in [0.2, 0.25) is 0 Å². The van der Waals surface area contributed by atoms with Gasteiger partial charge in [-0.1, -0.05) is 0 Å². The van der Waals surface area contributed by atoms with E-state index < -0.39 is 17.6 Å². The van der Waals surface area contributed by atoms with Gasteiger partial charge in [0.1, 0.15) is 6.04 Å². The SMILES string of the molecule is CC(C)(O)CSC[C@H](N)C(=O)O. The normalized spacial score (nSPS) is 14.3. The first-order valence-electron chi connectivity index (χ1n) is 3.61. The lowest BCUT2D eigenvalue weighted by Gasteiger charge is -2.16. The second-order valence-electron chi connectivity index (χ2n) is 3.27. The van der Waals surface area contributed by atoms with Crippen molar-refractivity contribution in [2.75, 3.05) is 11.5 Å². The Morgan fingerprint density at radius 1 is 1.67 bits per heavy atom. The maximum absolute atomic E-state index is 10.3. The molecule has 4 N–H and O–H groups in total. The molecule has 0 aromatic rings. The number of carboxylic acids is 1. The van der Waals surface area contributed by atoms with Gasteiger partial charge in [-0.15, -0.1) is 0 Å². The maximum Gasteiger partial charge on any atom is 0.321 e. The smallest absolute Gasteiger partial charge is 0.321 e. The quantitative estimate of drug-likeness (QED) is 0.568. The molecule has 0 unspecified atom stereocenters. The van der Waals surface area contributed by atoms with Crippen molar-refractivity contribution in [2.45, 2.75) is 25.5 Å². The summed E-state index contributed by atoms with van der Waals surface area (Å²) >= 11 is 1.34. The fraction of sp³-hybridized carbons (Fsp3) is 0.857. The molecule has 0 saturated carbocycles. The molecular weight excluding hydrogens is 178 g/mol. The van der Waals surface area contributed by atoms with E-state index in [-0.39, 0.29) is 0 Å². The van der Waals surface area contributed by atoms with Crippen LogP contribution in [0.15, 0.2) is 0 Å². The molecule has 0 bridgehead atoms. The van der Waals surface area contributed by atoms with Crippen LogP contribution in [0.2, 0.25) is 0 Å². The number of hydrogen-bond donors (Lipinski definition) is 3. The van der Waals surface area contributed by atoms with Crippen molar-refractivity contribution in [3.63, 3.8) is 0 Å². The standard InChI is InChI=1S/C7H15NO3S/c1-7(2,11)4-12-3-5(8)6(9)10/h5,11H,3-4,8H2,1-2H3,(H,9,10)/t5-/m0/s1. The first-order valence-corrected chi connectivity index (χ1v) is 4.77. The van der Waals surface area contributed by atoms with Crippen molar-refractivity contribution in [2.24, 2.45) is 5.73 Å². The van der Waals surface area contributed by atoms with Gasteiger partial charge in [-0.2, -0.15) is 11.8 Å². The summed E-state index contributed by atoms with van der Waals surface area (Å²) in [7, 11) is 0. The number of thioether (sulfide) groups is 1. The van der Waals surface area contributed by atoms with E-state index in [2.05, 4.69) is 0 Å². The molecule has 0 fully saturated rings. The van der Waals surface area contributed by atoms with Gasteiger partial charge < -0.3 is 15.9 Å². The number of carboxylic acid groups (broad SMARTS) is 1. The van der Waals surface area contributed by atoms with Crippen LogP contribution in [0, 0.1) is 0 Å².